The zero-order valence-corrected chi connectivity index (χ0v) is 26.0. The van der Waals surface area contributed by atoms with E-state index in [9.17, 15) is 14.4 Å². The van der Waals surface area contributed by atoms with Crippen molar-refractivity contribution in [3.05, 3.63) is 125 Å². The molecule has 232 valence electrons. The Morgan fingerprint density at radius 3 is 2.31 bits per heavy atom. The molecule has 0 bridgehead atoms. The summed E-state index contributed by atoms with van der Waals surface area (Å²) >= 11 is 6.24. The van der Waals surface area contributed by atoms with Gasteiger partial charge in [-0.1, -0.05) is 85.1 Å². The molecule has 1 aliphatic carbocycles. The second-order valence-electron chi connectivity index (χ2n) is 11.1. The van der Waals surface area contributed by atoms with Crippen molar-refractivity contribution in [2.45, 2.75) is 38.1 Å². The van der Waals surface area contributed by atoms with Crippen molar-refractivity contribution in [1.82, 2.24) is 0 Å². The maximum Gasteiger partial charge on any atom is 0.328 e. The predicted octanol–water partition coefficient (Wildman–Crippen LogP) is 7.37. The molecular formula is C37H37ClN2O5. The van der Waals surface area contributed by atoms with Crippen LogP contribution >= 0.6 is 11.6 Å². The van der Waals surface area contributed by atoms with E-state index in [1.165, 1.54) is 7.11 Å². The van der Waals surface area contributed by atoms with Gasteiger partial charge in [0.25, 0.3) is 0 Å². The van der Waals surface area contributed by atoms with E-state index in [1.807, 2.05) is 66.7 Å². The molecule has 4 aromatic rings. The summed E-state index contributed by atoms with van der Waals surface area (Å²) in [6, 6.07) is 30.3. The van der Waals surface area contributed by atoms with Crippen molar-refractivity contribution in [3.8, 4) is 5.75 Å². The molecule has 0 spiro atoms. The molecule has 1 amide bonds. The molecule has 1 atom stereocenters. The number of amides is 1. The largest absolute Gasteiger partial charge is 0.492 e. The summed E-state index contributed by atoms with van der Waals surface area (Å²) in [5, 5.41) is 3.82. The summed E-state index contributed by atoms with van der Waals surface area (Å²) in [6.45, 7) is 0.704. The number of hydrogen-bond donors (Lipinski definition) is 1. The van der Waals surface area contributed by atoms with E-state index in [0.29, 0.717) is 47.2 Å². The Labute approximate surface area is 269 Å². The minimum atomic E-state index is -0.723. The van der Waals surface area contributed by atoms with E-state index in [1.54, 1.807) is 41.3 Å². The topological polar surface area (TPSA) is 84.9 Å². The van der Waals surface area contributed by atoms with Crippen LogP contribution in [0.15, 0.2) is 103 Å². The van der Waals surface area contributed by atoms with Crippen LogP contribution in [0.5, 0.6) is 5.75 Å². The fraction of sp³-hybridized carbons (Fsp3) is 0.270. The van der Waals surface area contributed by atoms with Crippen molar-refractivity contribution >= 4 is 40.6 Å². The number of halogens is 1. The summed E-state index contributed by atoms with van der Waals surface area (Å²) in [4.78, 5) is 41.1. The molecule has 0 aromatic heterocycles. The predicted molar refractivity (Wildman–Crippen MR) is 177 cm³/mol. The van der Waals surface area contributed by atoms with Crippen LogP contribution < -0.4 is 15.0 Å². The smallest absolute Gasteiger partial charge is 0.328 e. The molecule has 1 fully saturated rings. The van der Waals surface area contributed by atoms with Crippen molar-refractivity contribution < 1.29 is 23.9 Å². The van der Waals surface area contributed by atoms with Crippen LogP contribution in [0.2, 0.25) is 5.02 Å². The van der Waals surface area contributed by atoms with Crippen LogP contribution in [-0.2, 0) is 20.7 Å². The highest BCUT2D eigenvalue weighted by atomic mass is 35.5. The fourth-order valence-corrected chi connectivity index (χ4v) is 5.88. The first-order valence-corrected chi connectivity index (χ1v) is 15.6. The number of methoxy groups -OCH3 is 1. The third kappa shape index (κ3) is 8.31. The molecule has 4 aromatic carbocycles. The number of benzene rings is 4. The van der Waals surface area contributed by atoms with Gasteiger partial charge < -0.3 is 19.7 Å². The summed E-state index contributed by atoms with van der Waals surface area (Å²) in [5.74, 6) is 0.220. The van der Waals surface area contributed by atoms with Gasteiger partial charge in [-0.25, -0.2) is 4.79 Å². The molecule has 8 heteroatoms. The van der Waals surface area contributed by atoms with Gasteiger partial charge >= 0.3 is 5.97 Å². The number of carbonyl (C=O) groups excluding carboxylic acids is 3. The molecule has 0 unspecified atom stereocenters. The lowest BCUT2D eigenvalue weighted by molar-refractivity contribution is -0.141. The third-order valence-corrected chi connectivity index (χ3v) is 8.30. The number of rotatable bonds is 13. The van der Waals surface area contributed by atoms with Gasteiger partial charge in [-0.05, 0) is 60.9 Å². The molecule has 0 heterocycles. The first-order valence-electron chi connectivity index (χ1n) is 15.2. The van der Waals surface area contributed by atoms with Gasteiger partial charge in [0.15, 0.2) is 5.78 Å². The number of hydrogen-bond acceptors (Lipinski definition) is 6. The highest BCUT2D eigenvalue weighted by molar-refractivity contribution is 6.30. The quantitative estimate of drug-likeness (QED) is 0.123. The van der Waals surface area contributed by atoms with Crippen LogP contribution in [0.25, 0.3) is 0 Å². The van der Waals surface area contributed by atoms with E-state index in [-0.39, 0.29) is 17.6 Å². The number of para-hydroxylation sites is 1. The van der Waals surface area contributed by atoms with Gasteiger partial charge in [-0.3, -0.25) is 9.59 Å². The van der Waals surface area contributed by atoms with E-state index in [0.717, 1.165) is 36.9 Å². The van der Waals surface area contributed by atoms with Crippen LogP contribution in [-0.4, -0.2) is 44.0 Å². The van der Waals surface area contributed by atoms with Crippen LogP contribution in [0.1, 0.15) is 47.2 Å². The number of nitrogens with zero attached hydrogens (tertiary/aromatic N) is 1. The Balaban J connectivity index is 1.23. The fourth-order valence-electron chi connectivity index (χ4n) is 5.69. The Bertz CT molecular complexity index is 1600. The first-order chi connectivity index (χ1) is 21.9. The maximum absolute atomic E-state index is 13.4. The normalized spacial score (nSPS) is 13.6. The van der Waals surface area contributed by atoms with Crippen molar-refractivity contribution in [2.24, 2.45) is 5.92 Å². The third-order valence-electron chi connectivity index (χ3n) is 8.06. The lowest BCUT2D eigenvalue weighted by Gasteiger charge is -2.26. The molecule has 0 aliphatic heterocycles. The number of ketones is 1. The zero-order chi connectivity index (χ0) is 31.6. The highest BCUT2D eigenvalue weighted by Gasteiger charge is 2.28. The number of ether oxygens (including phenoxy) is 2. The molecule has 1 N–H and O–H groups in total. The molecule has 1 aliphatic rings. The summed E-state index contributed by atoms with van der Waals surface area (Å²) in [6.07, 6.45) is 4.31. The van der Waals surface area contributed by atoms with Gasteiger partial charge in [0.1, 0.15) is 18.4 Å². The Morgan fingerprint density at radius 2 is 1.60 bits per heavy atom. The minimum absolute atomic E-state index is 0.0306. The molecule has 7 nitrogen and oxygen atoms in total. The molecule has 0 radical (unpaired) electrons. The van der Waals surface area contributed by atoms with E-state index in [2.05, 4.69) is 5.32 Å². The lowest BCUT2D eigenvalue weighted by Crippen LogP contribution is -2.38. The van der Waals surface area contributed by atoms with E-state index in [4.69, 9.17) is 21.1 Å². The summed E-state index contributed by atoms with van der Waals surface area (Å²) in [5.41, 5.74) is 3.24. The lowest BCUT2D eigenvalue weighted by atomic mass is 10.00. The SMILES string of the molecule is COC(=O)[C@H](Cc1ccc(OCCN(C(=O)C2CCCC2)c2cccc(Cl)c2)cc1)Nc1ccccc1C(=O)c1ccccc1. The Kier molecular flexibility index (Phi) is 10.9. The van der Waals surface area contributed by atoms with Crippen molar-refractivity contribution in [3.63, 3.8) is 0 Å². The Hall–Kier alpha value is -4.62. The van der Waals surface area contributed by atoms with Gasteiger partial charge in [0.05, 0.1) is 13.7 Å². The van der Waals surface area contributed by atoms with E-state index < -0.39 is 12.0 Å². The second kappa shape index (κ2) is 15.4. The van der Waals surface area contributed by atoms with E-state index >= 15 is 0 Å². The molecule has 0 saturated heterocycles. The average Bonchev–Trinajstić information content (AvgIpc) is 3.62. The van der Waals surface area contributed by atoms with Gasteiger partial charge in [-0.15, -0.1) is 0 Å². The van der Waals surface area contributed by atoms with Crippen LogP contribution in [0.3, 0.4) is 0 Å². The average molecular weight is 625 g/mol. The summed E-state index contributed by atoms with van der Waals surface area (Å²) < 4.78 is 11.1. The van der Waals surface area contributed by atoms with Crippen molar-refractivity contribution in [1.29, 1.82) is 0 Å². The minimum Gasteiger partial charge on any atom is -0.492 e. The highest BCUT2D eigenvalue weighted by Crippen LogP contribution is 2.30. The standard InChI is InChI=1S/C37H37ClN2O5/c1-44-37(43)34(39-33-17-8-7-16-32(33)35(41)27-10-3-2-4-11-27)24-26-18-20-31(21-19-26)45-23-22-40(30-15-9-14-29(38)25-30)36(42)28-12-5-6-13-28/h2-4,7-11,14-21,25,28,34,39H,5-6,12-13,22-24H2,1H3/t34-/m0/s1. The number of carbonyl (C=O) groups is 3. The van der Waals surface area contributed by atoms with Gasteiger partial charge in [0, 0.05) is 39.9 Å². The molecular weight excluding hydrogens is 588 g/mol. The van der Waals surface area contributed by atoms with Gasteiger partial charge in [-0.2, -0.15) is 0 Å². The van der Waals surface area contributed by atoms with Crippen molar-refractivity contribution in [2.75, 3.05) is 30.5 Å². The Morgan fingerprint density at radius 1 is 0.889 bits per heavy atom. The second-order valence-corrected chi connectivity index (χ2v) is 11.5. The summed E-state index contributed by atoms with van der Waals surface area (Å²) in [7, 11) is 1.35. The molecule has 45 heavy (non-hydrogen) atoms. The molecule has 1 saturated carbocycles. The molecule has 5 rings (SSSR count). The van der Waals surface area contributed by atoms with Crippen LogP contribution in [0, 0.1) is 5.92 Å². The zero-order valence-electron chi connectivity index (χ0n) is 25.3. The van der Waals surface area contributed by atoms with Gasteiger partial charge in [0.2, 0.25) is 5.91 Å². The number of esters is 1. The van der Waals surface area contributed by atoms with Crippen LogP contribution in [0.4, 0.5) is 11.4 Å². The first kappa shape index (κ1) is 31.8. The monoisotopic (exact) mass is 624 g/mol. The maximum atomic E-state index is 13.4. The number of anilines is 2. The number of nitrogens with one attached hydrogen (secondary N) is 1.